The Morgan fingerprint density at radius 1 is 1.62 bits per heavy atom. The van der Waals surface area contributed by atoms with Gasteiger partial charge in [-0.1, -0.05) is 16.9 Å². The van der Waals surface area contributed by atoms with Gasteiger partial charge in [0, 0.05) is 0 Å². The van der Waals surface area contributed by atoms with Crippen LogP contribution in [0.2, 0.25) is 0 Å². The number of furan rings is 1. The molecule has 0 saturated heterocycles. The molecule has 0 aliphatic heterocycles. The highest BCUT2D eigenvalue weighted by molar-refractivity contribution is 7.99. The predicted molar refractivity (Wildman–Crippen MR) is 55.1 cm³/mol. The van der Waals surface area contributed by atoms with E-state index in [1.807, 2.05) is 6.92 Å². The summed E-state index contributed by atoms with van der Waals surface area (Å²) in [5.74, 6) is -0.182. The summed E-state index contributed by atoms with van der Waals surface area (Å²) >= 11 is 0.971. The first kappa shape index (κ1) is 10.7. The van der Waals surface area contributed by atoms with Gasteiger partial charge in [0.15, 0.2) is 5.76 Å². The Balaban J connectivity index is 2.14. The van der Waals surface area contributed by atoms with E-state index in [0.29, 0.717) is 11.6 Å². The van der Waals surface area contributed by atoms with Crippen molar-refractivity contribution in [3.63, 3.8) is 0 Å². The molecule has 0 aliphatic rings. The molecule has 2 aromatic rings. The lowest BCUT2D eigenvalue weighted by atomic mass is 10.3. The minimum absolute atomic E-state index is 0.112. The summed E-state index contributed by atoms with van der Waals surface area (Å²) in [6.45, 7) is 1.86. The maximum Gasteiger partial charge on any atom is 0.314 e. The number of carboxylic acid groups (broad SMARTS) is 1. The van der Waals surface area contributed by atoms with Gasteiger partial charge in [0.1, 0.15) is 5.75 Å². The lowest BCUT2D eigenvalue weighted by Crippen LogP contribution is -1.97. The Hall–Kier alpha value is -1.76. The van der Waals surface area contributed by atoms with Gasteiger partial charge in [0.05, 0.1) is 6.26 Å². The lowest BCUT2D eigenvalue weighted by Gasteiger charge is -1.88. The molecule has 7 heteroatoms. The zero-order chi connectivity index (χ0) is 11.5. The van der Waals surface area contributed by atoms with Crippen LogP contribution in [0.5, 0.6) is 0 Å². The molecule has 0 unspecified atom stereocenters. The Kier molecular flexibility index (Phi) is 2.95. The number of carbonyl (C=O) groups is 1. The summed E-state index contributed by atoms with van der Waals surface area (Å²) in [5, 5.41) is 12.4. The molecular weight excluding hydrogens is 232 g/mol. The summed E-state index contributed by atoms with van der Waals surface area (Å²) < 4.78 is 10.1. The molecule has 16 heavy (non-hydrogen) atoms. The van der Waals surface area contributed by atoms with Crippen LogP contribution in [0.3, 0.4) is 0 Å². The number of carboxylic acids is 1. The highest BCUT2D eigenvalue weighted by Crippen LogP contribution is 2.24. The summed E-state index contributed by atoms with van der Waals surface area (Å²) in [4.78, 5) is 14.3. The van der Waals surface area contributed by atoms with Crippen LogP contribution in [0.4, 0.5) is 0 Å². The molecule has 0 spiro atoms. The van der Waals surface area contributed by atoms with Gasteiger partial charge in [-0.2, -0.15) is 4.98 Å². The van der Waals surface area contributed by atoms with Gasteiger partial charge in [-0.05, 0) is 18.6 Å². The van der Waals surface area contributed by atoms with Crippen LogP contribution < -0.4 is 0 Å². The summed E-state index contributed by atoms with van der Waals surface area (Å²) in [6.07, 6.45) is 1.53. The van der Waals surface area contributed by atoms with Gasteiger partial charge in [-0.25, -0.2) is 0 Å². The third kappa shape index (κ3) is 2.25. The van der Waals surface area contributed by atoms with E-state index >= 15 is 0 Å². The number of nitrogens with zero attached hydrogens (tertiary/aromatic N) is 2. The second-order valence-electron chi connectivity index (χ2n) is 3.00. The Labute approximate surface area is 94.6 Å². The Morgan fingerprint density at radius 3 is 3.06 bits per heavy atom. The quantitative estimate of drug-likeness (QED) is 0.815. The van der Waals surface area contributed by atoms with Crippen LogP contribution in [0.25, 0.3) is 11.6 Å². The number of aromatic nitrogens is 2. The van der Waals surface area contributed by atoms with E-state index in [4.69, 9.17) is 14.0 Å². The zero-order valence-corrected chi connectivity index (χ0v) is 9.15. The summed E-state index contributed by atoms with van der Waals surface area (Å²) in [5.41, 5.74) is 0.899. The molecule has 0 aromatic carbocycles. The average Bonchev–Trinajstić information content (AvgIpc) is 2.83. The first-order valence-electron chi connectivity index (χ1n) is 4.39. The fourth-order valence-electron chi connectivity index (χ4n) is 1.09. The Bertz CT molecular complexity index is 505. The molecule has 0 radical (unpaired) electrons. The topological polar surface area (TPSA) is 89.4 Å². The van der Waals surface area contributed by atoms with Crippen molar-refractivity contribution in [2.45, 2.75) is 12.1 Å². The number of thioether (sulfide) groups is 1. The maximum atomic E-state index is 10.3. The average molecular weight is 240 g/mol. The highest BCUT2D eigenvalue weighted by Gasteiger charge is 2.14. The van der Waals surface area contributed by atoms with Gasteiger partial charge >= 0.3 is 5.97 Å². The molecule has 0 atom stereocenters. The second kappa shape index (κ2) is 4.40. The van der Waals surface area contributed by atoms with E-state index in [9.17, 15) is 4.79 Å². The molecule has 2 aromatic heterocycles. The van der Waals surface area contributed by atoms with Gasteiger partial charge in [0.25, 0.3) is 5.22 Å². The fourth-order valence-corrected chi connectivity index (χ4v) is 1.57. The van der Waals surface area contributed by atoms with Gasteiger partial charge in [-0.3, -0.25) is 4.79 Å². The highest BCUT2D eigenvalue weighted by atomic mass is 32.2. The third-order valence-electron chi connectivity index (χ3n) is 1.79. The molecule has 0 fully saturated rings. The number of hydrogen-bond donors (Lipinski definition) is 1. The number of hydrogen-bond acceptors (Lipinski definition) is 6. The number of aryl methyl sites for hydroxylation is 1. The van der Waals surface area contributed by atoms with Crippen LogP contribution in [0.1, 0.15) is 5.56 Å². The van der Waals surface area contributed by atoms with Crippen molar-refractivity contribution < 1.29 is 18.8 Å². The van der Waals surface area contributed by atoms with E-state index in [0.717, 1.165) is 17.3 Å². The molecule has 0 bridgehead atoms. The fraction of sp³-hybridized carbons (Fsp3) is 0.222. The van der Waals surface area contributed by atoms with Crippen LogP contribution in [0.15, 0.2) is 26.5 Å². The van der Waals surface area contributed by atoms with E-state index in [1.165, 1.54) is 6.26 Å². The second-order valence-corrected chi connectivity index (χ2v) is 3.93. The van der Waals surface area contributed by atoms with E-state index in [1.54, 1.807) is 6.07 Å². The standard InChI is InChI=1S/C9H8N2O4S/c1-5-2-3-14-7(5)8-10-9(15-11-8)16-4-6(12)13/h2-3H,4H2,1H3,(H,12,13). The molecule has 6 nitrogen and oxygen atoms in total. The van der Waals surface area contributed by atoms with Crippen molar-refractivity contribution in [2.75, 3.05) is 5.75 Å². The van der Waals surface area contributed by atoms with Crippen LogP contribution in [-0.4, -0.2) is 27.0 Å². The molecule has 2 heterocycles. The molecule has 0 saturated carbocycles. The van der Waals surface area contributed by atoms with Crippen molar-refractivity contribution >= 4 is 17.7 Å². The Morgan fingerprint density at radius 2 is 2.44 bits per heavy atom. The summed E-state index contributed by atoms with van der Waals surface area (Å²) in [7, 11) is 0. The largest absolute Gasteiger partial charge is 0.481 e. The molecule has 1 N–H and O–H groups in total. The minimum Gasteiger partial charge on any atom is -0.481 e. The maximum absolute atomic E-state index is 10.3. The first-order chi connectivity index (χ1) is 7.66. The van der Waals surface area contributed by atoms with Gasteiger partial charge in [0.2, 0.25) is 5.82 Å². The van der Waals surface area contributed by atoms with Gasteiger partial charge < -0.3 is 14.0 Å². The number of aliphatic carboxylic acids is 1. The number of rotatable bonds is 4. The molecular formula is C9H8N2O4S. The molecule has 0 amide bonds. The normalized spacial score (nSPS) is 10.6. The van der Waals surface area contributed by atoms with Crippen molar-refractivity contribution in [1.82, 2.24) is 10.1 Å². The third-order valence-corrected chi connectivity index (χ3v) is 2.60. The van der Waals surface area contributed by atoms with Crippen molar-refractivity contribution in [3.05, 3.63) is 17.9 Å². The minimum atomic E-state index is -0.932. The van der Waals surface area contributed by atoms with Crippen LogP contribution in [-0.2, 0) is 4.79 Å². The first-order valence-corrected chi connectivity index (χ1v) is 5.38. The van der Waals surface area contributed by atoms with Gasteiger partial charge in [-0.15, -0.1) is 0 Å². The zero-order valence-electron chi connectivity index (χ0n) is 8.34. The molecule has 2 rings (SSSR count). The molecule has 84 valence electrons. The van der Waals surface area contributed by atoms with Crippen molar-refractivity contribution in [1.29, 1.82) is 0 Å². The summed E-state index contributed by atoms with van der Waals surface area (Å²) in [6, 6.07) is 1.79. The van der Waals surface area contributed by atoms with E-state index < -0.39 is 5.97 Å². The monoisotopic (exact) mass is 240 g/mol. The van der Waals surface area contributed by atoms with E-state index in [-0.39, 0.29) is 11.0 Å². The predicted octanol–water partition coefficient (Wildman–Crippen LogP) is 1.81. The smallest absolute Gasteiger partial charge is 0.314 e. The lowest BCUT2D eigenvalue weighted by molar-refractivity contribution is -0.133. The van der Waals surface area contributed by atoms with Crippen LogP contribution >= 0.6 is 11.8 Å². The van der Waals surface area contributed by atoms with E-state index in [2.05, 4.69) is 10.1 Å². The van der Waals surface area contributed by atoms with Crippen molar-refractivity contribution in [3.8, 4) is 11.6 Å². The molecule has 0 aliphatic carbocycles. The van der Waals surface area contributed by atoms with Crippen LogP contribution in [0, 0.1) is 6.92 Å². The SMILES string of the molecule is Cc1ccoc1-c1noc(SCC(=O)O)n1. The van der Waals surface area contributed by atoms with Crippen molar-refractivity contribution in [2.24, 2.45) is 0 Å².